The van der Waals surface area contributed by atoms with Gasteiger partial charge in [-0.15, -0.1) is 0 Å². The Morgan fingerprint density at radius 3 is 2.96 bits per heavy atom. The first-order valence-corrected chi connectivity index (χ1v) is 10.3. The first-order chi connectivity index (χ1) is 12.4. The molecule has 9 nitrogen and oxygen atoms in total. The van der Waals surface area contributed by atoms with E-state index in [1.165, 1.54) is 12.5 Å². The Morgan fingerprint density at radius 1 is 1.42 bits per heavy atom. The molecule has 2 aromatic heterocycles. The highest BCUT2D eigenvalue weighted by Gasteiger charge is 2.31. The number of likely N-dealkylation sites (tertiary alicyclic amines) is 1. The van der Waals surface area contributed by atoms with Gasteiger partial charge in [0.25, 0.3) is 10.0 Å². The molecule has 1 saturated heterocycles. The van der Waals surface area contributed by atoms with Crippen LogP contribution in [0.25, 0.3) is 0 Å². The third-order valence-corrected chi connectivity index (χ3v) is 6.43. The van der Waals surface area contributed by atoms with Gasteiger partial charge < -0.3 is 14.2 Å². The normalized spacial score (nSPS) is 24.1. The van der Waals surface area contributed by atoms with Gasteiger partial charge in [-0.25, -0.2) is 18.1 Å². The lowest BCUT2D eigenvalue weighted by Crippen LogP contribution is -2.39. The smallest absolute Gasteiger partial charge is 0.259 e. The minimum absolute atomic E-state index is 0.0300. The van der Waals surface area contributed by atoms with E-state index in [0.29, 0.717) is 32.4 Å². The summed E-state index contributed by atoms with van der Waals surface area (Å²) in [6.45, 7) is 2.09. The summed E-state index contributed by atoms with van der Waals surface area (Å²) in [6, 6.07) is -0.211. The molecule has 4 rings (SSSR count). The van der Waals surface area contributed by atoms with Crippen molar-refractivity contribution >= 4 is 10.0 Å². The van der Waals surface area contributed by atoms with E-state index in [0.717, 1.165) is 30.0 Å². The van der Waals surface area contributed by atoms with Crippen molar-refractivity contribution in [3.05, 3.63) is 29.5 Å². The van der Waals surface area contributed by atoms with Crippen molar-refractivity contribution in [3.63, 3.8) is 0 Å². The van der Waals surface area contributed by atoms with Gasteiger partial charge >= 0.3 is 0 Å². The second kappa shape index (κ2) is 6.76. The first kappa shape index (κ1) is 17.7. The lowest BCUT2D eigenvalue weighted by Gasteiger charge is -2.22. The fourth-order valence-electron chi connectivity index (χ4n) is 3.66. The van der Waals surface area contributed by atoms with Crippen molar-refractivity contribution in [2.45, 2.75) is 49.4 Å². The molecule has 0 spiro atoms. The van der Waals surface area contributed by atoms with Crippen LogP contribution in [-0.4, -0.2) is 58.4 Å². The van der Waals surface area contributed by atoms with Gasteiger partial charge in [0.15, 0.2) is 5.03 Å². The Hall–Kier alpha value is -1.75. The summed E-state index contributed by atoms with van der Waals surface area (Å²) >= 11 is 0. The number of nitrogens with zero attached hydrogens (tertiary/aromatic N) is 4. The summed E-state index contributed by atoms with van der Waals surface area (Å²) in [5, 5.41) is 13.9. The molecule has 1 aliphatic carbocycles. The second-order valence-electron chi connectivity index (χ2n) is 7.15. The number of aliphatic hydroxyl groups excluding tert-OH is 1. The average molecular weight is 381 g/mol. The van der Waals surface area contributed by atoms with E-state index >= 15 is 0 Å². The fourth-order valence-corrected chi connectivity index (χ4v) is 4.91. The molecule has 1 fully saturated rings. The predicted molar refractivity (Wildman–Crippen MR) is 91.7 cm³/mol. The summed E-state index contributed by atoms with van der Waals surface area (Å²) in [6.07, 6.45) is 5.31. The number of sulfonamides is 1. The summed E-state index contributed by atoms with van der Waals surface area (Å²) in [7, 11) is -1.91. The zero-order valence-electron chi connectivity index (χ0n) is 14.6. The number of hydrogen-bond acceptors (Lipinski definition) is 7. The van der Waals surface area contributed by atoms with Gasteiger partial charge in [0, 0.05) is 50.9 Å². The third kappa shape index (κ3) is 3.54. The topological polar surface area (TPSA) is 113 Å². The number of nitrogens with one attached hydrogen (secondary N) is 1. The lowest BCUT2D eigenvalue weighted by atomic mass is 9.92. The Balaban J connectivity index is 1.46. The van der Waals surface area contributed by atoms with Gasteiger partial charge in [-0.05, 0) is 19.3 Å². The lowest BCUT2D eigenvalue weighted by molar-refractivity contribution is 0.173. The zero-order chi connectivity index (χ0) is 18.3. The number of fused-ring (bicyclic) bond motifs is 1. The van der Waals surface area contributed by atoms with E-state index < -0.39 is 10.0 Å². The van der Waals surface area contributed by atoms with Crippen molar-refractivity contribution in [1.82, 2.24) is 24.3 Å². The zero-order valence-corrected chi connectivity index (χ0v) is 15.4. The Labute approximate surface area is 152 Å². The van der Waals surface area contributed by atoms with Crippen molar-refractivity contribution in [1.29, 1.82) is 0 Å². The highest BCUT2D eigenvalue weighted by Crippen LogP contribution is 2.27. The van der Waals surface area contributed by atoms with Crippen molar-refractivity contribution in [2.24, 2.45) is 7.05 Å². The maximum absolute atomic E-state index is 12.5. The van der Waals surface area contributed by atoms with E-state index in [4.69, 9.17) is 4.52 Å². The first-order valence-electron chi connectivity index (χ1n) is 8.78. The minimum Gasteiger partial charge on any atom is -0.392 e. The Kier molecular flexibility index (Phi) is 4.59. The van der Waals surface area contributed by atoms with Gasteiger partial charge in [-0.3, -0.25) is 4.90 Å². The molecular weight excluding hydrogens is 358 g/mol. The van der Waals surface area contributed by atoms with E-state index in [1.54, 1.807) is 11.6 Å². The van der Waals surface area contributed by atoms with Crippen LogP contribution < -0.4 is 4.72 Å². The molecule has 0 saturated carbocycles. The highest BCUT2D eigenvalue weighted by molar-refractivity contribution is 7.89. The number of hydrogen-bond donors (Lipinski definition) is 2. The Bertz CT molecular complexity index is 890. The van der Waals surface area contributed by atoms with Crippen LogP contribution in [0.15, 0.2) is 22.1 Å². The van der Waals surface area contributed by atoms with Gasteiger partial charge in [-0.1, -0.05) is 5.16 Å². The van der Waals surface area contributed by atoms with E-state index in [9.17, 15) is 13.5 Å². The van der Waals surface area contributed by atoms with E-state index in [-0.39, 0.29) is 17.2 Å². The summed E-state index contributed by atoms with van der Waals surface area (Å²) in [4.78, 5) is 6.07. The molecule has 2 atom stereocenters. The molecule has 26 heavy (non-hydrogen) atoms. The van der Waals surface area contributed by atoms with Crippen molar-refractivity contribution in [2.75, 3.05) is 13.1 Å². The molecule has 3 heterocycles. The molecule has 0 bridgehead atoms. The highest BCUT2D eigenvalue weighted by atomic mass is 32.2. The van der Waals surface area contributed by atoms with E-state index in [2.05, 4.69) is 19.8 Å². The number of β-amino-alcohol motifs (C(OH)–C–C–N with tert-alkyl or cyclic N) is 1. The molecule has 142 valence electrons. The molecule has 0 radical (unpaired) electrons. The van der Waals surface area contributed by atoms with Crippen LogP contribution >= 0.6 is 0 Å². The molecule has 2 aliphatic rings. The standard InChI is InChI=1S/C16H23N5O4S/c1-20-9-16(17-10-20)26(23,24)19-11-2-3-15-13(6-11)14(18-25-15)8-21-5-4-12(22)7-21/h9-12,19,22H,2-8H2,1H3/t11?,12-/m1/s1. The van der Waals surface area contributed by atoms with Crippen LogP contribution in [0.2, 0.25) is 0 Å². The molecule has 2 N–H and O–H groups in total. The van der Waals surface area contributed by atoms with Crippen LogP contribution in [0.1, 0.15) is 29.9 Å². The number of aliphatic hydroxyl groups is 1. The number of imidazole rings is 1. The predicted octanol–water partition coefficient (Wildman–Crippen LogP) is -0.189. The van der Waals surface area contributed by atoms with Crippen LogP contribution in [-0.2, 0) is 36.5 Å². The third-order valence-electron chi connectivity index (χ3n) is 5.02. The number of rotatable bonds is 5. The molecule has 1 aliphatic heterocycles. The fraction of sp³-hybridized carbons (Fsp3) is 0.625. The molecule has 0 amide bonds. The minimum atomic E-state index is -3.64. The maximum Gasteiger partial charge on any atom is 0.259 e. The second-order valence-corrected chi connectivity index (χ2v) is 8.81. The molecule has 10 heteroatoms. The van der Waals surface area contributed by atoms with Crippen LogP contribution in [0.3, 0.4) is 0 Å². The SMILES string of the molecule is Cn1cnc(S(=O)(=O)NC2CCc3onc(CN4CC[C@@H](O)C4)c3C2)c1. The van der Waals surface area contributed by atoms with Gasteiger partial charge in [0.2, 0.25) is 0 Å². The Morgan fingerprint density at radius 2 is 2.27 bits per heavy atom. The summed E-state index contributed by atoms with van der Waals surface area (Å²) in [5.74, 6) is 0.841. The van der Waals surface area contributed by atoms with Crippen LogP contribution in [0.5, 0.6) is 0 Å². The quantitative estimate of drug-likeness (QED) is 0.738. The number of aromatic nitrogens is 3. The monoisotopic (exact) mass is 381 g/mol. The maximum atomic E-state index is 12.5. The largest absolute Gasteiger partial charge is 0.392 e. The van der Waals surface area contributed by atoms with Crippen LogP contribution in [0, 0.1) is 0 Å². The molecular formula is C16H23N5O4S. The van der Waals surface area contributed by atoms with Gasteiger partial charge in [0.1, 0.15) is 11.5 Å². The summed E-state index contributed by atoms with van der Waals surface area (Å²) < 4.78 is 34.8. The van der Waals surface area contributed by atoms with Gasteiger partial charge in [-0.2, -0.15) is 0 Å². The molecule has 1 unspecified atom stereocenters. The van der Waals surface area contributed by atoms with E-state index in [1.807, 2.05) is 0 Å². The van der Waals surface area contributed by atoms with Crippen molar-refractivity contribution in [3.8, 4) is 0 Å². The molecule has 0 aromatic carbocycles. The number of aryl methyl sites for hydroxylation is 2. The van der Waals surface area contributed by atoms with Crippen molar-refractivity contribution < 1.29 is 18.0 Å². The van der Waals surface area contributed by atoms with Gasteiger partial charge in [0.05, 0.1) is 12.4 Å². The average Bonchev–Trinajstić information content (AvgIpc) is 3.29. The molecule has 2 aromatic rings. The summed E-state index contributed by atoms with van der Waals surface area (Å²) in [5.41, 5.74) is 1.84. The van der Waals surface area contributed by atoms with Crippen LogP contribution in [0.4, 0.5) is 0 Å².